The molecule has 19 heavy (non-hydrogen) atoms. The Kier molecular flexibility index (Phi) is 3.66. The molecule has 0 radical (unpaired) electrons. The molecule has 2 aromatic rings. The average Bonchev–Trinajstić information content (AvgIpc) is 2.85. The van der Waals surface area contributed by atoms with Crippen molar-refractivity contribution in [1.29, 1.82) is 0 Å². The second-order valence-corrected chi connectivity index (χ2v) is 6.28. The maximum atomic E-state index is 5.72. The van der Waals surface area contributed by atoms with Gasteiger partial charge < -0.3 is 10.5 Å². The molecule has 0 saturated carbocycles. The topological polar surface area (TPSA) is 48.1 Å². The van der Waals surface area contributed by atoms with Crippen molar-refractivity contribution in [3.63, 3.8) is 0 Å². The maximum absolute atomic E-state index is 5.72. The van der Waals surface area contributed by atoms with E-state index in [2.05, 4.69) is 33.0 Å². The highest BCUT2D eigenvalue weighted by Gasteiger charge is 2.17. The molecule has 1 aliphatic heterocycles. The van der Waals surface area contributed by atoms with Gasteiger partial charge in [0.2, 0.25) is 0 Å². The van der Waals surface area contributed by atoms with Crippen molar-refractivity contribution in [1.82, 2.24) is 4.98 Å². The summed E-state index contributed by atoms with van der Waals surface area (Å²) < 4.78 is 6.83. The molecule has 1 aromatic carbocycles. The number of nitrogens with zero attached hydrogens (tertiary/aromatic N) is 1. The number of benzene rings is 1. The van der Waals surface area contributed by atoms with E-state index in [1.807, 2.05) is 12.1 Å². The maximum Gasteiger partial charge on any atom is 0.126 e. The van der Waals surface area contributed by atoms with Gasteiger partial charge in [-0.05, 0) is 29.8 Å². The van der Waals surface area contributed by atoms with E-state index in [1.165, 1.54) is 11.1 Å². The third-order valence-electron chi connectivity index (χ3n) is 2.96. The number of anilines is 1. The van der Waals surface area contributed by atoms with E-state index >= 15 is 0 Å². The van der Waals surface area contributed by atoms with Crippen molar-refractivity contribution >= 4 is 33.4 Å². The molecule has 98 valence electrons. The summed E-state index contributed by atoms with van der Waals surface area (Å²) in [7, 11) is 0. The summed E-state index contributed by atoms with van der Waals surface area (Å²) in [5.74, 6) is 1.89. The van der Waals surface area contributed by atoms with Gasteiger partial charge in [0.15, 0.2) is 0 Å². The minimum absolute atomic E-state index is 0.691. The Labute approximate surface area is 124 Å². The first-order valence-electron chi connectivity index (χ1n) is 6.01. The first kappa shape index (κ1) is 12.8. The number of hydrogen-bond donors (Lipinski definition) is 1. The van der Waals surface area contributed by atoms with Crippen LogP contribution < -0.4 is 10.5 Å². The van der Waals surface area contributed by atoms with E-state index in [0.717, 1.165) is 34.0 Å². The molecule has 0 atom stereocenters. The van der Waals surface area contributed by atoms with Crippen LogP contribution in [0.3, 0.4) is 0 Å². The SMILES string of the molecule is Nc1ccc(SCc2cc(Br)cc3c2OCC3)nc1. The highest BCUT2D eigenvalue weighted by atomic mass is 79.9. The van der Waals surface area contributed by atoms with Crippen LogP contribution >= 0.6 is 27.7 Å². The summed E-state index contributed by atoms with van der Waals surface area (Å²) in [5.41, 5.74) is 8.82. The quantitative estimate of drug-likeness (QED) is 0.869. The van der Waals surface area contributed by atoms with Crippen molar-refractivity contribution in [3.8, 4) is 5.75 Å². The standard InChI is InChI=1S/C14H13BrN2OS/c15-11-5-9-3-4-18-14(9)10(6-11)8-19-13-2-1-12(16)7-17-13/h1-2,5-7H,3-4,8,16H2. The van der Waals surface area contributed by atoms with E-state index < -0.39 is 0 Å². The molecule has 0 unspecified atom stereocenters. The van der Waals surface area contributed by atoms with Crippen LogP contribution in [0.1, 0.15) is 11.1 Å². The van der Waals surface area contributed by atoms with Gasteiger partial charge in [0.05, 0.1) is 23.5 Å². The molecular formula is C14H13BrN2OS. The number of nitrogens with two attached hydrogens (primary N) is 1. The third kappa shape index (κ3) is 2.87. The summed E-state index contributed by atoms with van der Waals surface area (Å²) in [5, 5.41) is 0.973. The Hall–Kier alpha value is -1.20. The second kappa shape index (κ2) is 5.43. The molecule has 0 saturated heterocycles. The molecule has 3 nitrogen and oxygen atoms in total. The fourth-order valence-corrected chi connectivity index (χ4v) is 3.44. The molecular weight excluding hydrogens is 324 g/mol. The lowest BCUT2D eigenvalue weighted by atomic mass is 10.1. The van der Waals surface area contributed by atoms with Gasteiger partial charge in [-0.15, -0.1) is 11.8 Å². The van der Waals surface area contributed by atoms with Crippen molar-refractivity contribution < 1.29 is 4.74 Å². The van der Waals surface area contributed by atoms with Crippen LogP contribution in [-0.2, 0) is 12.2 Å². The largest absolute Gasteiger partial charge is 0.493 e. The fourth-order valence-electron chi connectivity index (χ4n) is 2.08. The zero-order chi connectivity index (χ0) is 13.2. The highest BCUT2D eigenvalue weighted by Crippen LogP contribution is 2.36. The number of rotatable bonds is 3. The van der Waals surface area contributed by atoms with Crippen LogP contribution in [0.4, 0.5) is 5.69 Å². The zero-order valence-corrected chi connectivity index (χ0v) is 12.6. The van der Waals surface area contributed by atoms with Crippen LogP contribution in [-0.4, -0.2) is 11.6 Å². The number of halogens is 1. The van der Waals surface area contributed by atoms with Crippen LogP contribution in [0.2, 0.25) is 0 Å². The molecule has 0 amide bonds. The number of hydrogen-bond acceptors (Lipinski definition) is 4. The van der Waals surface area contributed by atoms with Crippen molar-refractivity contribution in [3.05, 3.63) is 46.1 Å². The van der Waals surface area contributed by atoms with Gasteiger partial charge in [0.1, 0.15) is 5.75 Å². The van der Waals surface area contributed by atoms with Gasteiger partial charge in [-0.1, -0.05) is 15.9 Å². The molecule has 2 heterocycles. The zero-order valence-electron chi connectivity index (χ0n) is 10.2. The number of pyridine rings is 1. The predicted octanol–water partition coefficient (Wildman–Crippen LogP) is 3.65. The fraction of sp³-hybridized carbons (Fsp3) is 0.214. The Morgan fingerprint density at radius 2 is 2.26 bits per heavy atom. The summed E-state index contributed by atoms with van der Waals surface area (Å²) in [4.78, 5) is 4.29. The average molecular weight is 337 g/mol. The Morgan fingerprint density at radius 3 is 3.05 bits per heavy atom. The summed E-state index contributed by atoms with van der Waals surface area (Å²) in [6.45, 7) is 0.781. The molecule has 0 fully saturated rings. The van der Waals surface area contributed by atoms with Gasteiger partial charge in [-0.2, -0.15) is 0 Å². The van der Waals surface area contributed by atoms with E-state index in [0.29, 0.717) is 5.69 Å². The lowest BCUT2D eigenvalue weighted by Gasteiger charge is -2.08. The van der Waals surface area contributed by atoms with Crippen molar-refractivity contribution in [2.75, 3.05) is 12.3 Å². The van der Waals surface area contributed by atoms with Gasteiger partial charge in [0.25, 0.3) is 0 Å². The van der Waals surface area contributed by atoms with Gasteiger partial charge in [-0.3, -0.25) is 0 Å². The number of thioether (sulfide) groups is 1. The minimum Gasteiger partial charge on any atom is -0.493 e. The number of ether oxygens (including phenoxy) is 1. The lowest BCUT2D eigenvalue weighted by molar-refractivity contribution is 0.354. The highest BCUT2D eigenvalue weighted by molar-refractivity contribution is 9.10. The van der Waals surface area contributed by atoms with Gasteiger partial charge in [0, 0.05) is 22.2 Å². The summed E-state index contributed by atoms with van der Waals surface area (Å²) >= 11 is 5.24. The Bertz CT molecular complexity index is 601. The van der Waals surface area contributed by atoms with Gasteiger partial charge in [-0.25, -0.2) is 4.98 Å². The van der Waals surface area contributed by atoms with Crippen molar-refractivity contribution in [2.24, 2.45) is 0 Å². The van der Waals surface area contributed by atoms with Crippen LogP contribution in [0.5, 0.6) is 5.75 Å². The monoisotopic (exact) mass is 336 g/mol. The number of nitrogen functional groups attached to an aromatic ring is 1. The molecule has 2 N–H and O–H groups in total. The smallest absolute Gasteiger partial charge is 0.126 e. The third-order valence-corrected chi connectivity index (χ3v) is 4.41. The van der Waals surface area contributed by atoms with E-state index in [1.54, 1.807) is 18.0 Å². The van der Waals surface area contributed by atoms with Crippen LogP contribution in [0, 0.1) is 0 Å². The lowest BCUT2D eigenvalue weighted by Crippen LogP contribution is -1.92. The van der Waals surface area contributed by atoms with Crippen LogP contribution in [0.15, 0.2) is 40.0 Å². The molecule has 1 aromatic heterocycles. The van der Waals surface area contributed by atoms with Crippen molar-refractivity contribution in [2.45, 2.75) is 17.2 Å². The van der Waals surface area contributed by atoms with Crippen LogP contribution in [0.25, 0.3) is 0 Å². The predicted molar refractivity (Wildman–Crippen MR) is 81.6 cm³/mol. The molecule has 0 aliphatic carbocycles. The van der Waals surface area contributed by atoms with E-state index in [-0.39, 0.29) is 0 Å². The normalized spacial score (nSPS) is 13.1. The molecule has 5 heteroatoms. The van der Waals surface area contributed by atoms with E-state index in [4.69, 9.17) is 10.5 Å². The molecule has 0 spiro atoms. The Balaban J connectivity index is 1.78. The first-order valence-corrected chi connectivity index (χ1v) is 7.78. The summed E-state index contributed by atoms with van der Waals surface area (Å²) in [6, 6.07) is 8.07. The molecule has 3 rings (SSSR count). The minimum atomic E-state index is 0.691. The van der Waals surface area contributed by atoms with Gasteiger partial charge >= 0.3 is 0 Å². The first-order chi connectivity index (χ1) is 9.22. The Morgan fingerprint density at radius 1 is 1.37 bits per heavy atom. The van der Waals surface area contributed by atoms with E-state index in [9.17, 15) is 0 Å². The summed E-state index contributed by atoms with van der Waals surface area (Å²) in [6.07, 6.45) is 2.68. The molecule has 0 bridgehead atoms. The number of fused-ring (bicyclic) bond motifs is 1. The molecule has 1 aliphatic rings. The second-order valence-electron chi connectivity index (χ2n) is 4.37. The number of aromatic nitrogens is 1.